The van der Waals surface area contributed by atoms with Crippen molar-refractivity contribution in [2.24, 2.45) is 5.10 Å². The van der Waals surface area contributed by atoms with Gasteiger partial charge in [0.25, 0.3) is 0 Å². The largest absolute Gasteiger partial charge is 0.292 e. The summed E-state index contributed by atoms with van der Waals surface area (Å²) in [7, 11) is 0. The summed E-state index contributed by atoms with van der Waals surface area (Å²) in [4.78, 5) is 11.8. The van der Waals surface area contributed by atoms with E-state index in [9.17, 15) is 10.0 Å². The lowest BCUT2D eigenvalue weighted by Crippen LogP contribution is -2.39. The third kappa shape index (κ3) is 3.96. The predicted molar refractivity (Wildman–Crippen MR) is 95.5 cm³/mol. The van der Waals surface area contributed by atoms with Gasteiger partial charge in [0.2, 0.25) is 5.91 Å². The SMILES string of the molecule is C[C@]1(CC(=O)N(O)Cc2ccccc2)NN=C(c2ccccc2)S1. The molecule has 5 nitrogen and oxygen atoms in total. The van der Waals surface area contributed by atoms with E-state index in [1.807, 2.05) is 67.6 Å². The van der Waals surface area contributed by atoms with Gasteiger partial charge in [-0.15, -0.1) is 0 Å². The molecule has 124 valence electrons. The molecule has 1 atom stereocenters. The first-order valence-corrected chi connectivity index (χ1v) is 8.50. The summed E-state index contributed by atoms with van der Waals surface area (Å²) in [5.41, 5.74) is 4.92. The maximum atomic E-state index is 12.3. The Balaban J connectivity index is 1.59. The van der Waals surface area contributed by atoms with Crippen molar-refractivity contribution in [2.75, 3.05) is 0 Å². The summed E-state index contributed by atoms with van der Waals surface area (Å²) >= 11 is 1.50. The molecule has 0 spiro atoms. The van der Waals surface area contributed by atoms with Crippen LogP contribution >= 0.6 is 11.8 Å². The average molecular weight is 341 g/mol. The number of nitrogens with one attached hydrogen (secondary N) is 1. The monoisotopic (exact) mass is 341 g/mol. The first-order chi connectivity index (χ1) is 11.6. The van der Waals surface area contributed by atoms with Crippen LogP contribution in [0.3, 0.4) is 0 Å². The average Bonchev–Trinajstić information content (AvgIpc) is 2.98. The van der Waals surface area contributed by atoms with Gasteiger partial charge < -0.3 is 0 Å². The van der Waals surface area contributed by atoms with Crippen LogP contribution in [0.2, 0.25) is 0 Å². The van der Waals surface area contributed by atoms with Crippen LogP contribution in [-0.2, 0) is 11.3 Å². The zero-order chi connectivity index (χ0) is 17.0. The Morgan fingerprint density at radius 1 is 1.17 bits per heavy atom. The zero-order valence-electron chi connectivity index (χ0n) is 13.3. The second-order valence-electron chi connectivity index (χ2n) is 5.84. The van der Waals surface area contributed by atoms with Crippen molar-refractivity contribution in [3.8, 4) is 0 Å². The number of carbonyl (C=O) groups excluding carboxylic acids is 1. The van der Waals surface area contributed by atoms with E-state index in [4.69, 9.17) is 0 Å². The molecule has 0 saturated heterocycles. The van der Waals surface area contributed by atoms with Crippen LogP contribution < -0.4 is 5.43 Å². The second kappa shape index (κ2) is 7.07. The van der Waals surface area contributed by atoms with Gasteiger partial charge in [-0.05, 0) is 12.5 Å². The zero-order valence-corrected chi connectivity index (χ0v) is 14.2. The van der Waals surface area contributed by atoms with E-state index in [0.717, 1.165) is 21.2 Å². The normalized spacial score (nSPS) is 19.5. The molecule has 1 aliphatic rings. The summed E-state index contributed by atoms with van der Waals surface area (Å²) < 4.78 is 0. The van der Waals surface area contributed by atoms with Gasteiger partial charge in [-0.3, -0.25) is 15.4 Å². The lowest BCUT2D eigenvalue weighted by molar-refractivity contribution is -0.168. The molecule has 2 N–H and O–H groups in total. The fraction of sp³-hybridized carbons (Fsp3) is 0.222. The number of hydrazone groups is 1. The number of amides is 1. The number of benzene rings is 2. The van der Waals surface area contributed by atoms with E-state index < -0.39 is 4.87 Å². The van der Waals surface area contributed by atoms with Gasteiger partial charge in [-0.1, -0.05) is 72.4 Å². The maximum absolute atomic E-state index is 12.3. The minimum atomic E-state index is -0.570. The van der Waals surface area contributed by atoms with Gasteiger partial charge in [0, 0.05) is 5.56 Å². The van der Waals surface area contributed by atoms with Gasteiger partial charge in [-0.25, -0.2) is 5.06 Å². The Bertz CT molecular complexity index is 736. The number of hydrogen-bond acceptors (Lipinski definition) is 5. The molecule has 24 heavy (non-hydrogen) atoms. The fourth-order valence-corrected chi connectivity index (χ4v) is 3.49. The van der Waals surface area contributed by atoms with Crippen LogP contribution in [0, 0.1) is 0 Å². The molecule has 0 bridgehead atoms. The van der Waals surface area contributed by atoms with Crippen LogP contribution in [-0.4, -0.2) is 26.1 Å². The lowest BCUT2D eigenvalue weighted by Gasteiger charge is -2.24. The summed E-state index contributed by atoms with van der Waals surface area (Å²) in [6.07, 6.45) is 0.140. The van der Waals surface area contributed by atoms with Crippen molar-refractivity contribution < 1.29 is 10.0 Å². The van der Waals surface area contributed by atoms with Gasteiger partial charge in [-0.2, -0.15) is 5.10 Å². The summed E-state index contributed by atoms with van der Waals surface area (Å²) in [5, 5.41) is 16.0. The highest BCUT2D eigenvalue weighted by atomic mass is 32.2. The lowest BCUT2D eigenvalue weighted by atomic mass is 10.2. The number of hydroxylamine groups is 2. The van der Waals surface area contributed by atoms with E-state index in [1.165, 1.54) is 11.8 Å². The van der Waals surface area contributed by atoms with Crippen molar-refractivity contribution in [1.82, 2.24) is 10.5 Å². The molecule has 0 aliphatic carbocycles. The van der Waals surface area contributed by atoms with Crippen molar-refractivity contribution in [3.63, 3.8) is 0 Å². The Kier molecular flexibility index (Phi) is 4.87. The van der Waals surface area contributed by atoms with Gasteiger partial charge in [0.15, 0.2) is 0 Å². The molecule has 2 aromatic carbocycles. The van der Waals surface area contributed by atoms with Crippen LogP contribution in [0.15, 0.2) is 65.8 Å². The number of carbonyl (C=O) groups is 1. The Hall–Kier alpha value is -2.31. The molecule has 2 aromatic rings. The maximum Gasteiger partial charge on any atom is 0.249 e. The Morgan fingerprint density at radius 3 is 2.46 bits per heavy atom. The quantitative estimate of drug-likeness (QED) is 0.647. The van der Waals surface area contributed by atoms with Crippen molar-refractivity contribution in [3.05, 3.63) is 71.8 Å². The number of hydrogen-bond donors (Lipinski definition) is 2. The smallest absolute Gasteiger partial charge is 0.249 e. The van der Waals surface area contributed by atoms with Crippen LogP contribution in [0.4, 0.5) is 0 Å². The van der Waals surface area contributed by atoms with E-state index >= 15 is 0 Å². The fourth-order valence-electron chi connectivity index (χ4n) is 2.43. The first kappa shape index (κ1) is 16.5. The standard InChI is InChI=1S/C18H19N3O2S/c1-18(20-19-17(24-18)15-10-6-3-7-11-15)12-16(22)21(23)13-14-8-4-2-5-9-14/h2-11,20,23H,12-13H2,1H3/t18-/m0/s1. The minimum absolute atomic E-state index is 0.140. The first-order valence-electron chi connectivity index (χ1n) is 7.68. The van der Waals surface area contributed by atoms with E-state index in [0.29, 0.717) is 0 Å². The van der Waals surface area contributed by atoms with Gasteiger partial charge in [0.1, 0.15) is 9.91 Å². The molecule has 0 fully saturated rings. The van der Waals surface area contributed by atoms with Crippen LogP contribution in [0.5, 0.6) is 0 Å². The molecular formula is C18H19N3O2S. The third-order valence-electron chi connectivity index (χ3n) is 3.69. The molecule has 6 heteroatoms. The summed E-state index contributed by atoms with van der Waals surface area (Å²) in [5.74, 6) is -0.342. The number of rotatable bonds is 5. The van der Waals surface area contributed by atoms with Crippen molar-refractivity contribution in [1.29, 1.82) is 0 Å². The number of nitrogens with zero attached hydrogens (tertiary/aromatic N) is 2. The summed E-state index contributed by atoms with van der Waals surface area (Å²) in [6, 6.07) is 19.2. The van der Waals surface area contributed by atoms with E-state index in [2.05, 4.69) is 10.5 Å². The molecule has 0 radical (unpaired) electrons. The molecule has 1 amide bonds. The number of thioether (sulfide) groups is 1. The predicted octanol–water partition coefficient (Wildman–Crippen LogP) is 3.21. The van der Waals surface area contributed by atoms with Crippen molar-refractivity contribution >= 4 is 22.7 Å². The molecule has 3 rings (SSSR count). The molecule has 1 heterocycles. The topological polar surface area (TPSA) is 64.9 Å². The van der Waals surface area contributed by atoms with Gasteiger partial charge >= 0.3 is 0 Å². The highest BCUT2D eigenvalue weighted by Gasteiger charge is 2.36. The van der Waals surface area contributed by atoms with Crippen molar-refractivity contribution in [2.45, 2.75) is 24.8 Å². The van der Waals surface area contributed by atoms with Crippen LogP contribution in [0.25, 0.3) is 0 Å². The minimum Gasteiger partial charge on any atom is -0.292 e. The third-order valence-corrected chi connectivity index (χ3v) is 4.89. The molecular weight excluding hydrogens is 322 g/mol. The van der Waals surface area contributed by atoms with E-state index in [-0.39, 0.29) is 18.9 Å². The molecule has 0 unspecified atom stereocenters. The van der Waals surface area contributed by atoms with E-state index in [1.54, 1.807) is 0 Å². The highest BCUT2D eigenvalue weighted by molar-refractivity contribution is 8.15. The summed E-state index contributed by atoms with van der Waals surface area (Å²) in [6.45, 7) is 2.08. The molecule has 1 aliphatic heterocycles. The Labute approximate surface area is 145 Å². The molecule has 0 aromatic heterocycles. The van der Waals surface area contributed by atoms with Crippen LogP contribution in [0.1, 0.15) is 24.5 Å². The van der Waals surface area contributed by atoms with Gasteiger partial charge in [0.05, 0.1) is 13.0 Å². The Morgan fingerprint density at radius 2 is 1.79 bits per heavy atom. The molecule has 0 saturated carbocycles. The highest BCUT2D eigenvalue weighted by Crippen LogP contribution is 2.34. The second-order valence-corrected chi connectivity index (χ2v) is 7.33.